The first-order valence-electron chi connectivity index (χ1n) is 5.95. The Labute approximate surface area is 107 Å². The number of aryl methyl sites for hydroxylation is 1. The number of fused-ring (bicyclic) bond motifs is 1. The summed E-state index contributed by atoms with van der Waals surface area (Å²) >= 11 is 0. The third kappa shape index (κ3) is 2.16. The summed E-state index contributed by atoms with van der Waals surface area (Å²) in [5, 5.41) is 4.00. The van der Waals surface area contributed by atoms with Crippen LogP contribution in [0.5, 0.6) is 0 Å². The number of benzene rings is 1. The number of hydrogen-bond acceptors (Lipinski definition) is 3. The van der Waals surface area contributed by atoms with E-state index in [4.69, 9.17) is 0 Å². The number of pyridine rings is 1. The first kappa shape index (κ1) is 12.8. The fraction of sp³-hybridized carbons (Fsp3) is 0.357. The van der Waals surface area contributed by atoms with E-state index in [1.807, 2.05) is 33.0 Å². The summed E-state index contributed by atoms with van der Waals surface area (Å²) in [4.78, 5) is 6.56. The molecule has 0 spiro atoms. The predicted molar refractivity (Wildman–Crippen MR) is 73.5 cm³/mol. The van der Waals surface area contributed by atoms with Crippen molar-refractivity contribution in [3.8, 4) is 0 Å². The summed E-state index contributed by atoms with van der Waals surface area (Å²) in [6, 6.07) is 4.73. The van der Waals surface area contributed by atoms with Gasteiger partial charge in [-0.3, -0.25) is 4.98 Å². The highest BCUT2D eigenvalue weighted by molar-refractivity contribution is 5.93. The van der Waals surface area contributed by atoms with Crippen LogP contribution in [0.2, 0.25) is 0 Å². The molecule has 0 aliphatic carbocycles. The van der Waals surface area contributed by atoms with Gasteiger partial charge in [-0.2, -0.15) is 0 Å². The summed E-state index contributed by atoms with van der Waals surface area (Å²) in [5.41, 5.74) is 3.96. The Morgan fingerprint density at radius 1 is 1.33 bits per heavy atom. The van der Waals surface area contributed by atoms with Gasteiger partial charge >= 0.3 is 0 Å². The first-order chi connectivity index (χ1) is 8.54. The Kier molecular flexibility index (Phi) is 3.48. The lowest BCUT2D eigenvalue weighted by molar-refractivity contribution is 0.629. The van der Waals surface area contributed by atoms with Gasteiger partial charge in [0.2, 0.25) is 0 Å². The Morgan fingerprint density at radius 2 is 2.06 bits per heavy atom. The van der Waals surface area contributed by atoms with Crippen molar-refractivity contribution in [2.75, 3.05) is 26.0 Å². The highest BCUT2D eigenvalue weighted by Gasteiger charge is 2.14. The zero-order chi connectivity index (χ0) is 13.3. The molecule has 0 aliphatic rings. The van der Waals surface area contributed by atoms with Gasteiger partial charge in [0.1, 0.15) is 5.82 Å². The molecule has 4 heteroatoms. The maximum Gasteiger partial charge on any atom is 0.124 e. The maximum absolute atomic E-state index is 13.4. The minimum absolute atomic E-state index is 0.230. The second-order valence-corrected chi connectivity index (χ2v) is 4.61. The van der Waals surface area contributed by atoms with Crippen molar-refractivity contribution in [1.29, 1.82) is 0 Å². The molecule has 0 radical (unpaired) electrons. The predicted octanol–water partition coefficient (Wildman–Crippen LogP) is 2.47. The maximum atomic E-state index is 13.4. The molecule has 0 amide bonds. The minimum atomic E-state index is -0.230. The molecule has 2 aromatic rings. The molecular formula is C14H18FN3. The second kappa shape index (κ2) is 4.90. The third-order valence-electron chi connectivity index (χ3n) is 3.03. The number of nitrogens with zero attached hydrogens (tertiary/aromatic N) is 2. The third-order valence-corrected chi connectivity index (χ3v) is 3.03. The molecule has 18 heavy (non-hydrogen) atoms. The molecule has 3 nitrogen and oxygen atoms in total. The van der Waals surface area contributed by atoms with Crippen LogP contribution >= 0.6 is 0 Å². The van der Waals surface area contributed by atoms with Crippen LogP contribution in [0.4, 0.5) is 10.1 Å². The highest BCUT2D eigenvalue weighted by atomic mass is 19.1. The van der Waals surface area contributed by atoms with Crippen LogP contribution in [0, 0.1) is 12.7 Å². The van der Waals surface area contributed by atoms with Crippen LogP contribution < -0.4 is 10.2 Å². The summed E-state index contributed by atoms with van der Waals surface area (Å²) in [5.74, 6) is -0.230. The molecule has 0 saturated heterocycles. The van der Waals surface area contributed by atoms with Gasteiger partial charge in [0.15, 0.2) is 0 Å². The minimum Gasteiger partial charge on any atom is -0.377 e. The number of aromatic nitrogens is 1. The first-order valence-corrected chi connectivity index (χ1v) is 5.95. The van der Waals surface area contributed by atoms with Crippen LogP contribution in [-0.2, 0) is 6.54 Å². The van der Waals surface area contributed by atoms with Crippen LogP contribution in [0.1, 0.15) is 11.3 Å². The molecular weight excluding hydrogens is 229 g/mol. The molecule has 1 aromatic carbocycles. The van der Waals surface area contributed by atoms with Crippen LogP contribution in [0.15, 0.2) is 18.2 Å². The second-order valence-electron chi connectivity index (χ2n) is 4.61. The fourth-order valence-electron chi connectivity index (χ4n) is 2.28. The molecule has 1 aromatic heterocycles. The molecule has 1 N–H and O–H groups in total. The average Bonchev–Trinajstić information content (AvgIpc) is 2.30. The summed E-state index contributed by atoms with van der Waals surface area (Å²) < 4.78 is 13.4. The highest BCUT2D eigenvalue weighted by Crippen LogP contribution is 2.31. The van der Waals surface area contributed by atoms with Crippen LogP contribution in [0.25, 0.3) is 10.9 Å². The SMILES string of the molecule is CNCc1c(C)nc2ccc(F)cc2c1N(C)C. The molecule has 2 rings (SSSR count). The van der Waals surface area contributed by atoms with E-state index >= 15 is 0 Å². The Balaban J connectivity index is 2.82. The van der Waals surface area contributed by atoms with E-state index in [0.29, 0.717) is 0 Å². The van der Waals surface area contributed by atoms with E-state index in [0.717, 1.165) is 34.4 Å². The molecule has 0 unspecified atom stereocenters. The monoisotopic (exact) mass is 247 g/mol. The van der Waals surface area contributed by atoms with Crippen molar-refractivity contribution in [3.63, 3.8) is 0 Å². The van der Waals surface area contributed by atoms with Crippen molar-refractivity contribution in [1.82, 2.24) is 10.3 Å². The quantitative estimate of drug-likeness (QED) is 0.903. The standard InChI is InChI=1S/C14H18FN3/c1-9-12(8-16-2)14(18(3)4)11-7-10(15)5-6-13(11)17-9/h5-7,16H,8H2,1-4H3. The van der Waals surface area contributed by atoms with E-state index in [1.165, 1.54) is 6.07 Å². The van der Waals surface area contributed by atoms with Gasteiger partial charge in [0, 0.05) is 37.3 Å². The number of rotatable bonds is 3. The van der Waals surface area contributed by atoms with Gasteiger partial charge in [0.05, 0.1) is 11.2 Å². The molecule has 1 heterocycles. The van der Waals surface area contributed by atoms with Gasteiger partial charge in [0.25, 0.3) is 0 Å². The van der Waals surface area contributed by atoms with Gasteiger partial charge in [-0.05, 0) is 32.2 Å². The van der Waals surface area contributed by atoms with Gasteiger partial charge in [-0.1, -0.05) is 0 Å². The summed E-state index contributed by atoms with van der Waals surface area (Å²) in [6.07, 6.45) is 0. The van der Waals surface area contributed by atoms with Gasteiger partial charge < -0.3 is 10.2 Å². The molecule has 0 fully saturated rings. The molecule has 0 bridgehead atoms. The van der Waals surface area contributed by atoms with E-state index in [1.54, 1.807) is 12.1 Å². The average molecular weight is 247 g/mol. The molecule has 0 atom stereocenters. The number of anilines is 1. The molecule has 0 saturated carbocycles. The Morgan fingerprint density at radius 3 is 2.67 bits per heavy atom. The van der Waals surface area contributed by atoms with Crippen LogP contribution in [-0.4, -0.2) is 26.1 Å². The molecule has 96 valence electrons. The Hall–Kier alpha value is -1.68. The zero-order valence-corrected chi connectivity index (χ0v) is 11.2. The normalized spacial score (nSPS) is 10.9. The van der Waals surface area contributed by atoms with E-state index < -0.39 is 0 Å². The fourth-order valence-corrected chi connectivity index (χ4v) is 2.28. The van der Waals surface area contributed by atoms with Crippen molar-refractivity contribution < 1.29 is 4.39 Å². The van der Waals surface area contributed by atoms with Crippen LogP contribution in [0.3, 0.4) is 0 Å². The van der Waals surface area contributed by atoms with Crippen molar-refractivity contribution in [2.24, 2.45) is 0 Å². The Bertz CT molecular complexity index is 579. The van der Waals surface area contributed by atoms with Crippen molar-refractivity contribution in [2.45, 2.75) is 13.5 Å². The summed E-state index contributed by atoms with van der Waals surface area (Å²) in [6.45, 7) is 2.71. The number of nitrogens with one attached hydrogen (secondary N) is 1. The largest absolute Gasteiger partial charge is 0.377 e. The van der Waals surface area contributed by atoms with E-state index in [-0.39, 0.29) is 5.82 Å². The van der Waals surface area contributed by atoms with E-state index in [9.17, 15) is 4.39 Å². The lowest BCUT2D eigenvalue weighted by Gasteiger charge is -2.21. The number of hydrogen-bond donors (Lipinski definition) is 1. The zero-order valence-electron chi connectivity index (χ0n) is 11.2. The lowest BCUT2D eigenvalue weighted by Crippen LogP contribution is -2.17. The van der Waals surface area contributed by atoms with E-state index in [2.05, 4.69) is 10.3 Å². The lowest BCUT2D eigenvalue weighted by atomic mass is 10.0. The molecule has 0 aliphatic heterocycles. The van der Waals surface area contributed by atoms with Gasteiger partial charge in [-0.25, -0.2) is 4.39 Å². The van der Waals surface area contributed by atoms with Gasteiger partial charge in [-0.15, -0.1) is 0 Å². The summed E-state index contributed by atoms with van der Waals surface area (Å²) in [7, 11) is 5.84. The van der Waals surface area contributed by atoms with Crippen molar-refractivity contribution in [3.05, 3.63) is 35.3 Å². The van der Waals surface area contributed by atoms with Crippen molar-refractivity contribution >= 4 is 16.6 Å². The number of halogens is 1. The smallest absolute Gasteiger partial charge is 0.124 e. The topological polar surface area (TPSA) is 28.2 Å².